The number of rotatable bonds is 6. The molecule has 0 aliphatic heterocycles. The maximum Gasteiger partial charge on any atom is 0.0281 e. The predicted molar refractivity (Wildman–Crippen MR) is 140 cm³/mol. The fourth-order valence-corrected chi connectivity index (χ4v) is 6.72. The summed E-state index contributed by atoms with van der Waals surface area (Å²) in [7, 11) is 0. The lowest BCUT2D eigenvalue weighted by Gasteiger charge is -2.25. The number of benzene rings is 2. The van der Waals surface area contributed by atoms with Gasteiger partial charge in [0.2, 0.25) is 0 Å². The highest BCUT2D eigenvalue weighted by Gasteiger charge is 2.27. The Morgan fingerprint density at radius 1 is 0.788 bits per heavy atom. The highest BCUT2D eigenvalue weighted by molar-refractivity contribution is 5.79. The largest absolute Gasteiger partial charge is 0.0726 e. The van der Waals surface area contributed by atoms with Gasteiger partial charge >= 0.3 is 0 Å². The maximum atomic E-state index is 2.46. The first-order chi connectivity index (χ1) is 16.3. The summed E-state index contributed by atoms with van der Waals surface area (Å²) in [6, 6.07) is 16.7. The van der Waals surface area contributed by atoms with E-state index in [2.05, 4.69) is 79.8 Å². The topological polar surface area (TPSA) is 0 Å². The van der Waals surface area contributed by atoms with Gasteiger partial charge in [-0.15, -0.1) is 0 Å². The molecule has 0 heteroatoms. The van der Waals surface area contributed by atoms with Crippen LogP contribution in [0.2, 0.25) is 0 Å². The van der Waals surface area contributed by atoms with E-state index >= 15 is 0 Å². The summed E-state index contributed by atoms with van der Waals surface area (Å²) in [5.74, 6) is 2.29. The Kier molecular flexibility index (Phi) is 5.70. The standard InChI is InChI=1S/C33H36/c1-2-23-9-14-26(19-23)20-24-10-12-25(13-11-24)21-29-17-18-32(33-8-4-7-31(29)33)30-16-15-27-5-3-6-28(27)22-30/h4,7-8,10-13,15-18,22-23,26,33H,2-3,5-6,9,14,19-21H2,1H3. The van der Waals surface area contributed by atoms with Crippen molar-refractivity contribution in [2.45, 2.75) is 64.7 Å². The van der Waals surface area contributed by atoms with Crippen molar-refractivity contribution >= 4 is 5.57 Å². The molecule has 0 heterocycles. The van der Waals surface area contributed by atoms with Gasteiger partial charge in [-0.2, -0.15) is 0 Å². The van der Waals surface area contributed by atoms with Crippen molar-refractivity contribution in [3.8, 4) is 0 Å². The minimum Gasteiger partial charge on any atom is -0.0726 e. The van der Waals surface area contributed by atoms with E-state index in [0.717, 1.165) is 18.3 Å². The fraction of sp³-hybridized carbons (Fsp3) is 0.394. The number of hydrogen-bond acceptors (Lipinski definition) is 0. The Bertz CT molecular complexity index is 1150. The van der Waals surface area contributed by atoms with E-state index in [1.54, 1.807) is 11.1 Å². The molecular weight excluding hydrogens is 396 g/mol. The van der Waals surface area contributed by atoms with Crippen LogP contribution in [0.15, 0.2) is 84.0 Å². The van der Waals surface area contributed by atoms with Crippen LogP contribution in [-0.2, 0) is 25.7 Å². The van der Waals surface area contributed by atoms with Crippen LogP contribution in [0.25, 0.3) is 5.57 Å². The fourth-order valence-electron chi connectivity index (χ4n) is 6.72. The molecule has 0 radical (unpaired) electrons. The molecule has 2 aromatic rings. The summed E-state index contributed by atoms with van der Waals surface area (Å²) >= 11 is 0. The lowest BCUT2D eigenvalue weighted by molar-refractivity contribution is 0.479. The lowest BCUT2D eigenvalue weighted by atomic mass is 9.79. The van der Waals surface area contributed by atoms with Crippen LogP contribution in [0, 0.1) is 17.8 Å². The maximum absolute atomic E-state index is 2.46. The molecule has 0 amide bonds. The zero-order chi connectivity index (χ0) is 22.2. The van der Waals surface area contributed by atoms with Crippen LogP contribution >= 0.6 is 0 Å². The van der Waals surface area contributed by atoms with Crippen LogP contribution < -0.4 is 0 Å². The molecule has 3 atom stereocenters. The van der Waals surface area contributed by atoms with Crippen molar-refractivity contribution < 1.29 is 0 Å². The molecule has 0 aromatic heterocycles. The predicted octanol–water partition coefficient (Wildman–Crippen LogP) is 8.22. The Hall–Kier alpha value is -2.60. The molecule has 0 saturated heterocycles. The Morgan fingerprint density at radius 2 is 1.61 bits per heavy atom. The van der Waals surface area contributed by atoms with Gasteiger partial charge in [-0.3, -0.25) is 0 Å². The van der Waals surface area contributed by atoms with Crippen LogP contribution in [0.5, 0.6) is 0 Å². The normalized spacial score (nSPS) is 25.5. The minimum atomic E-state index is 0.414. The van der Waals surface area contributed by atoms with Gasteiger partial charge in [-0.1, -0.05) is 92.6 Å². The number of aryl methyl sites for hydroxylation is 2. The zero-order valence-electron chi connectivity index (χ0n) is 20.0. The average Bonchev–Trinajstić information content (AvgIpc) is 3.61. The second kappa shape index (κ2) is 8.98. The molecule has 168 valence electrons. The third-order valence-electron chi connectivity index (χ3n) is 8.69. The van der Waals surface area contributed by atoms with Gasteiger partial charge in [0.25, 0.3) is 0 Å². The Balaban J connectivity index is 1.18. The molecule has 1 fully saturated rings. The van der Waals surface area contributed by atoms with Gasteiger partial charge in [0.15, 0.2) is 0 Å². The molecule has 3 unspecified atom stereocenters. The highest BCUT2D eigenvalue weighted by atomic mass is 14.3. The summed E-state index contributed by atoms with van der Waals surface area (Å²) < 4.78 is 0. The van der Waals surface area contributed by atoms with Gasteiger partial charge in [0, 0.05) is 5.92 Å². The average molecular weight is 433 g/mol. The summed E-state index contributed by atoms with van der Waals surface area (Å²) in [6.45, 7) is 2.35. The molecule has 0 bridgehead atoms. The zero-order valence-corrected chi connectivity index (χ0v) is 20.0. The second-order valence-electron chi connectivity index (χ2n) is 10.8. The molecule has 33 heavy (non-hydrogen) atoms. The summed E-state index contributed by atoms with van der Waals surface area (Å²) in [5.41, 5.74) is 11.9. The molecule has 0 N–H and O–H groups in total. The van der Waals surface area contributed by atoms with Crippen LogP contribution in [0.3, 0.4) is 0 Å². The van der Waals surface area contributed by atoms with Gasteiger partial charge in [-0.25, -0.2) is 0 Å². The molecular formula is C33H36. The molecule has 4 aliphatic carbocycles. The first-order valence-electron chi connectivity index (χ1n) is 13.3. The summed E-state index contributed by atoms with van der Waals surface area (Å²) in [4.78, 5) is 0. The van der Waals surface area contributed by atoms with Crippen molar-refractivity contribution in [3.05, 3.63) is 112 Å². The molecule has 1 saturated carbocycles. The van der Waals surface area contributed by atoms with E-state index in [-0.39, 0.29) is 0 Å². The molecule has 4 aliphatic rings. The van der Waals surface area contributed by atoms with E-state index in [1.165, 1.54) is 84.8 Å². The van der Waals surface area contributed by atoms with Crippen molar-refractivity contribution in [1.29, 1.82) is 0 Å². The van der Waals surface area contributed by atoms with Crippen molar-refractivity contribution in [3.63, 3.8) is 0 Å². The third kappa shape index (κ3) is 4.21. The van der Waals surface area contributed by atoms with Gasteiger partial charge in [0.05, 0.1) is 0 Å². The highest BCUT2D eigenvalue weighted by Crippen LogP contribution is 2.42. The van der Waals surface area contributed by atoms with Crippen molar-refractivity contribution in [1.82, 2.24) is 0 Å². The Morgan fingerprint density at radius 3 is 2.45 bits per heavy atom. The number of fused-ring (bicyclic) bond motifs is 2. The number of allylic oxidation sites excluding steroid dienone is 8. The lowest BCUT2D eigenvalue weighted by Crippen LogP contribution is -2.10. The number of hydrogen-bond donors (Lipinski definition) is 0. The molecule has 0 spiro atoms. The smallest absolute Gasteiger partial charge is 0.0281 e. The van der Waals surface area contributed by atoms with E-state index in [1.807, 2.05) is 0 Å². The summed E-state index contributed by atoms with van der Waals surface area (Å²) in [6.07, 6.45) is 23.5. The van der Waals surface area contributed by atoms with Crippen LogP contribution in [0.4, 0.5) is 0 Å². The SMILES string of the molecule is CCC1CCC(Cc2ccc(CC3=CC=C(c4ccc5c(c4)CCC5)C4C=CC=C34)cc2)C1. The third-order valence-corrected chi connectivity index (χ3v) is 8.69. The molecule has 2 aromatic carbocycles. The Labute approximate surface area is 199 Å². The van der Waals surface area contributed by atoms with Gasteiger partial charge in [0.1, 0.15) is 0 Å². The first kappa shape index (κ1) is 21.0. The monoisotopic (exact) mass is 432 g/mol. The van der Waals surface area contributed by atoms with Crippen molar-refractivity contribution in [2.24, 2.45) is 17.8 Å². The van der Waals surface area contributed by atoms with E-state index < -0.39 is 0 Å². The molecule has 6 rings (SSSR count). The second-order valence-corrected chi connectivity index (χ2v) is 10.8. The van der Waals surface area contributed by atoms with E-state index in [9.17, 15) is 0 Å². The van der Waals surface area contributed by atoms with Crippen LogP contribution in [0.1, 0.15) is 66.8 Å². The first-order valence-corrected chi connectivity index (χ1v) is 13.3. The van der Waals surface area contributed by atoms with Crippen molar-refractivity contribution in [2.75, 3.05) is 0 Å². The molecule has 0 nitrogen and oxygen atoms in total. The minimum absolute atomic E-state index is 0.414. The quantitative estimate of drug-likeness (QED) is 0.431. The van der Waals surface area contributed by atoms with Gasteiger partial charge < -0.3 is 0 Å². The van der Waals surface area contributed by atoms with E-state index in [0.29, 0.717) is 5.92 Å². The summed E-state index contributed by atoms with van der Waals surface area (Å²) in [5, 5.41) is 0. The van der Waals surface area contributed by atoms with Gasteiger partial charge in [-0.05, 0) is 101 Å². The van der Waals surface area contributed by atoms with E-state index in [4.69, 9.17) is 0 Å². The van der Waals surface area contributed by atoms with Crippen LogP contribution in [-0.4, -0.2) is 0 Å².